The number of hydrogen-bond acceptors (Lipinski definition) is 2. The Balaban J connectivity index is 0.00000552. The van der Waals surface area contributed by atoms with E-state index in [4.69, 9.17) is 9.72 Å². The Labute approximate surface area is 474 Å². The van der Waals surface area contributed by atoms with E-state index in [9.17, 15) is 0 Å². The van der Waals surface area contributed by atoms with Crippen molar-refractivity contribution in [1.82, 2.24) is 23.3 Å². The second kappa shape index (κ2) is 19.1. The molecule has 0 amide bonds. The van der Waals surface area contributed by atoms with Crippen molar-refractivity contribution in [1.29, 1.82) is 0 Å². The van der Waals surface area contributed by atoms with Crippen molar-refractivity contribution in [2.75, 3.05) is 0 Å². The molecule has 0 aliphatic rings. The van der Waals surface area contributed by atoms with E-state index in [0.29, 0.717) is 11.5 Å². The van der Waals surface area contributed by atoms with Gasteiger partial charge in [0.15, 0.2) is 0 Å². The van der Waals surface area contributed by atoms with Crippen LogP contribution in [0.15, 0.2) is 267 Å². The summed E-state index contributed by atoms with van der Waals surface area (Å²) in [7, 11) is 0. The number of imidazole rings is 1. The molecule has 0 saturated heterocycles. The molecular formula is C72H44N6OPt-2. The fourth-order valence-corrected chi connectivity index (χ4v) is 12.2. The fraction of sp³-hybridized carbons (Fsp3) is 0. The smallest absolute Gasteiger partial charge is 0.268 e. The Morgan fingerprint density at radius 2 is 0.912 bits per heavy atom. The number of para-hydroxylation sites is 7. The van der Waals surface area contributed by atoms with E-state index in [1.54, 1.807) is 0 Å². The number of nitrogens with zero attached hydrogens (tertiary/aromatic N) is 6. The summed E-state index contributed by atoms with van der Waals surface area (Å²) < 4.78 is 18.4. The van der Waals surface area contributed by atoms with E-state index in [-0.39, 0.29) is 21.1 Å². The summed E-state index contributed by atoms with van der Waals surface area (Å²) in [5.74, 6) is 1.87. The van der Waals surface area contributed by atoms with E-state index in [2.05, 4.69) is 278 Å². The molecule has 11 aromatic carbocycles. The van der Waals surface area contributed by atoms with Gasteiger partial charge >= 0.3 is 0 Å². The summed E-state index contributed by atoms with van der Waals surface area (Å²) in [4.78, 5) is 5.10. The molecule has 0 spiro atoms. The van der Waals surface area contributed by atoms with Gasteiger partial charge in [-0.1, -0.05) is 188 Å². The molecule has 16 aromatic rings. The molecule has 0 aliphatic heterocycles. The number of benzene rings is 11. The van der Waals surface area contributed by atoms with Crippen molar-refractivity contribution in [3.8, 4) is 62.3 Å². The van der Waals surface area contributed by atoms with Crippen molar-refractivity contribution in [2.24, 2.45) is 0 Å². The fourth-order valence-electron chi connectivity index (χ4n) is 12.2. The largest absolute Gasteiger partial charge is 0.510 e. The van der Waals surface area contributed by atoms with E-state index < -0.39 is 0 Å². The Bertz CT molecular complexity index is 4970. The molecule has 0 fully saturated rings. The summed E-state index contributed by atoms with van der Waals surface area (Å²) >= 11 is 0. The zero-order valence-corrected chi connectivity index (χ0v) is 45.1. The molecule has 0 N–H and O–H groups in total. The van der Waals surface area contributed by atoms with Gasteiger partial charge in [-0.15, -0.1) is 29.7 Å². The summed E-state index contributed by atoms with van der Waals surface area (Å²) in [6.07, 6.45) is 5.67. The van der Waals surface area contributed by atoms with Crippen LogP contribution in [0.5, 0.6) is 11.5 Å². The van der Waals surface area contributed by atoms with Gasteiger partial charge in [-0.2, -0.15) is 18.2 Å². The molecular weight excluding hydrogens is 1160 g/mol. The normalized spacial score (nSPS) is 11.7. The predicted molar refractivity (Wildman–Crippen MR) is 320 cm³/mol. The van der Waals surface area contributed by atoms with Crippen LogP contribution in [-0.2, 0) is 21.1 Å². The monoisotopic (exact) mass is 1200 g/mol. The molecule has 16 rings (SSSR count). The van der Waals surface area contributed by atoms with Crippen LogP contribution in [0.2, 0.25) is 0 Å². The van der Waals surface area contributed by atoms with Crippen molar-refractivity contribution >= 4 is 76.5 Å². The van der Waals surface area contributed by atoms with E-state index >= 15 is 0 Å². The van der Waals surface area contributed by atoms with Crippen molar-refractivity contribution < 1.29 is 30.4 Å². The molecule has 0 radical (unpaired) electrons. The standard InChI is InChI=1S/C72H44N6O.Pt/c1-5-23-48(24-6-1)55-35-22-36-56(49-25-7-2-8-26-49)69(55)75-47-74(62-39-17-18-40-63(62)75)52-31-21-32-53(45-52)79-54-42-43-59-64(46-54)78(65-41-19-20-44-73-65)70-66(59)67-57-33-13-15-37-60(57)76(50-27-9-3-10-28-50)71(67)72-68(70)58-34-14-16-38-61(58)77(72)51-29-11-4-12-30-51;/h1-44H;/q-2;. The summed E-state index contributed by atoms with van der Waals surface area (Å²) in [5.41, 5.74) is 16.8. The molecule has 8 heteroatoms. The molecule has 0 unspecified atom stereocenters. The summed E-state index contributed by atoms with van der Waals surface area (Å²) in [6.45, 7) is 0. The Kier molecular flexibility index (Phi) is 11.3. The average Bonchev–Trinajstić information content (AvgIpc) is 4.47. The van der Waals surface area contributed by atoms with Crippen LogP contribution in [-0.4, -0.2) is 23.3 Å². The van der Waals surface area contributed by atoms with E-state index in [0.717, 1.165) is 127 Å². The predicted octanol–water partition coefficient (Wildman–Crippen LogP) is 17.1. The molecule has 0 atom stereocenters. The molecule has 5 heterocycles. The minimum absolute atomic E-state index is 0. The number of pyridine rings is 1. The van der Waals surface area contributed by atoms with Gasteiger partial charge in [0.25, 0.3) is 6.33 Å². The quantitative estimate of drug-likeness (QED) is 0.107. The maximum Gasteiger partial charge on any atom is 0.268 e. The van der Waals surface area contributed by atoms with Gasteiger partial charge in [-0.3, -0.25) is 4.57 Å². The van der Waals surface area contributed by atoms with Crippen molar-refractivity contribution in [2.45, 2.75) is 0 Å². The van der Waals surface area contributed by atoms with Crippen LogP contribution >= 0.6 is 0 Å². The second-order valence-electron chi connectivity index (χ2n) is 19.9. The van der Waals surface area contributed by atoms with Crippen molar-refractivity contribution in [3.63, 3.8) is 0 Å². The van der Waals surface area contributed by atoms with Crippen LogP contribution in [0.1, 0.15) is 0 Å². The van der Waals surface area contributed by atoms with Crippen LogP contribution < -0.4 is 9.30 Å². The molecule has 0 aliphatic carbocycles. The zero-order valence-electron chi connectivity index (χ0n) is 42.8. The molecule has 80 heavy (non-hydrogen) atoms. The van der Waals surface area contributed by atoms with Gasteiger partial charge in [0.1, 0.15) is 5.82 Å². The number of aromatic nitrogens is 6. The first-order chi connectivity index (χ1) is 39.2. The number of rotatable bonds is 9. The molecule has 0 saturated carbocycles. The minimum atomic E-state index is 0. The summed E-state index contributed by atoms with van der Waals surface area (Å²) in [5, 5.41) is 6.72. The van der Waals surface area contributed by atoms with Crippen LogP contribution in [0.4, 0.5) is 0 Å². The first-order valence-corrected chi connectivity index (χ1v) is 26.6. The van der Waals surface area contributed by atoms with Gasteiger partial charge in [0.2, 0.25) is 0 Å². The molecule has 380 valence electrons. The van der Waals surface area contributed by atoms with Gasteiger partial charge in [-0.05, 0) is 81.9 Å². The third kappa shape index (κ3) is 7.32. The Hall–Kier alpha value is -10.1. The van der Waals surface area contributed by atoms with Gasteiger partial charge < -0.3 is 23.0 Å². The Morgan fingerprint density at radius 1 is 0.388 bits per heavy atom. The summed E-state index contributed by atoms with van der Waals surface area (Å²) in [6, 6.07) is 99.1. The average molecular weight is 1200 g/mol. The first-order valence-electron chi connectivity index (χ1n) is 26.6. The van der Waals surface area contributed by atoms with Crippen LogP contribution in [0.3, 0.4) is 0 Å². The van der Waals surface area contributed by atoms with Crippen LogP contribution in [0, 0.1) is 18.5 Å². The van der Waals surface area contributed by atoms with Gasteiger partial charge in [0, 0.05) is 71.7 Å². The topological polar surface area (TPSA) is 45.7 Å². The maximum absolute atomic E-state index is 6.95. The molecule has 7 nitrogen and oxygen atoms in total. The van der Waals surface area contributed by atoms with Gasteiger partial charge in [0.05, 0.1) is 44.3 Å². The maximum atomic E-state index is 6.95. The SMILES string of the molecule is [Pt].[c-]1c(Oc2[c-]c3c(cc2)c2c4c5ccccc5n(-c5ccccc5)c4c4c(c5ccccc5n4-c4ccccc4)c2n3-c2ccccn2)cccc1-[n+]1[c-]n(-c2c(-c3ccccc3)cccc2-c2ccccc2)c2ccccc21. The second-order valence-corrected chi connectivity index (χ2v) is 19.9. The molecule has 0 bridgehead atoms. The first kappa shape index (κ1) is 47.2. The number of fused-ring (bicyclic) bond motifs is 13. The van der Waals surface area contributed by atoms with Crippen LogP contribution in [0.25, 0.3) is 127 Å². The van der Waals surface area contributed by atoms with E-state index in [1.807, 2.05) is 30.5 Å². The Morgan fingerprint density at radius 3 is 1.55 bits per heavy atom. The zero-order chi connectivity index (χ0) is 52.0. The third-order valence-electron chi connectivity index (χ3n) is 15.4. The molecule has 5 aromatic heterocycles. The number of ether oxygens (including phenoxy) is 1. The minimum Gasteiger partial charge on any atom is -0.510 e. The number of hydrogen-bond donors (Lipinski definition) is 0. The van der Waals surface area contributed by atoms with Crippen molar-refractivity contribution in [3.05, 3.63) is 286 Å². The third-order valence-corrected chi connectivity index (χ3v) is 15.4. The van der Waals surface area contributed by atoms with Gasteiger partial charge in [-0.25, -0.2) is 4.98 Å². The van der Waals surface area contributed by atoms with E-state index in [1.165, 1.54) is 0 Å².